The third-order valence-electron chi connectivity index (χ3n) is 3.72. The number of alkyl halides is 2. The smallest absolute Gasteiger partial charge is 0.255 e. The summed E-state index contributed by atoms with van der Waals surface area (Å²) in [5, 5.41) is 11.9. The van der Waals surface area contributed by atoms with E-state index in [1.54, 1.807) is 0 Å². The molecule has 1 saturated carbocycles. The maximum atomic E-state index is 12.4. The molecule has 0 aromatic heterocycles. The fourth-order valence-corrected chi connectivity index (χ4v) is 2.66. The molecule has 1 aliphatic carbocycles. The quantitative estimate of drug-likeness (QED) is 0.270. The van der Waals surface area contributed by atoms with Crippen LogP contribution >= 0.6 is 0 Å². The summed E-state index contributed by atoms with van der Waals surface area (Å²) in [5.41, 5.74) is 4.56. The highest BCUT2D eigenvalue weighted by atomic mass is 19.3. The second-order valence-corrected chi connectivity index (χ2v) is 5.06. The number of nitrogens with zero attached hydrogens (tertiary/aromatic N) is 2. The van der Waals surface area contributed by atoms with E-state index in [4.69, 9.17) is 10.9 Å². The first-order valence-electron chi connectivity index (χ1n) is 6.46. The first kappa shape index (κ1) is 15.7. The third-order valence-corrected chi connectivity index (χ3v) is 3.72. The highest BCUT2D eigenvalue weighted by molar-refractivity contribution is 6.06. The summed E-state index contributed by atoms with van der Waals surface area (Å²) >= 11 is 0. The number of nitrogens with two attached hydrogens (primary N) is 1. The van der Waals surface area contributed by atoms with E-state index in [-0.39, 0.29) is 5.84 Å². The second-order valence-electron chi connectivity index (χ2n) is 5.06. The summed E-state index contributed by atoms with van der Waals surface area (Å²) in [7, 11) is 1.33. The SMILES string of the molecule is CN(CC(F)F)C(=O)C1(C(N)=NO)CCCCCC1. The first-order chi connectivity index (χ1) is 8.94. The zero-order chi connectivity index (χ0) is 14.5. The summed E-state index contributed by atoms with van der Waals surface area (Å²) in [4.78, 5) is 13.4. The van der Waals surface area contributed by atoms with Crippen molar-refractivity contribution in [3.05, 3.63) is 0 Å². The monoisotopic (exact) mass is 277 g/mol. The number of amides is 1. The van der Waals surface area contributed by atoms with Crippen molar-refractivity contribution in [1.82, 2.24) is 4.90 Å². The molecule has 1 fully saturated rings. The summed E-state index contributed by atoms with van der Waals surface area (Å²) in [6, 6.07) is 0. The average molecular weight is 277 g/mol. The van der Waals surface area contributed by atoms with Crippen molar-refractivity contribution in [2.45, 2.75) is 45.0 Å². The van der Waals surface area contributed by atoms with Gasteiger partial charge in [0.1, 0.15) is 5.41 Å². The minimum Gasteiger partial charge on any atom is -0.409 e. The Labute approximate surface area is 111 Å². The summed E-state index contributed by atoms with van der Waals surface area (Å²) in [5.74, 6) is -0.648. The van der Waals surface area contributed by atoms with Crippen molar-refractivity contribution in [2.24, 2.45) is 16.3 Å². The normalized spacial score (nSPS) is 20.1. The molecule has 3 N–H and O–H groups in total. The largest absolute Gasteiger partial charge is 0.409 e. The van der Waals surface area contributed by atoms with Crippen molar-refractivity contribution in [3.63, 3.8) is 0 Å². The number of carbonyl (C=O) groups excluding carboxylic acids is 1. The minimum absolute atomic E-state index is 0.166. The Morgan fingerprint density at radius 2 is 1.89 bits per heavy atom. The van der Waals surface area contributed by atoms with Gasteiger partial charge in [0.15, 0.2) is 5.84 Å². The molecule has 1 amide bonds. The Morgan fingerprint density at radius 3 is 2.32 bits per heavy atom. The van der Waals surface area contributed by atoms with Crippen LogP contribution in [0.2, 0.25) is 0 Å². The van der Waals surface area contributed by atoms with Gasteiger partial charge in [0.2, 0.25) is 5.91 Å². The Balaban J connectivity index is 2.98. The lowest BCUT2D eigenvalue weighted by molar-refractivity contribution is -0.139. The van der Waals surface area contributed by atoms with E-state index in [0.29, 0.717) is 12.8 Å². The van der Waals surface area contributed by atoms with E-state index >= 15 is 0 Å². The number of oxime groups is 1. The lowest BCUT2D eigenvalue weighted by atomic mass is 9.77. The lowest BCUT2D eigenvalue weighted by Gasteiger charge is -2.33. The number of amidine groups is 1. The molecule has 7 heteroatoms. The molecular formula is C12H21F2N3O2. The van der Waals surface area contributed by atoms with Gasteiger partial charge in [0.05, 0.1) is 6.54 Å². The Morgan fingerprint density at radius 1 is 1.37 bits per heavy atom. The molecule has 0 atom stereocenters. The van der Waals surface area contributed by atoms with Gasteiger partial charge in [-0.3, -0.25) is 4.79 Å². The van der Waals surface area contributed by atoms with Crippen LogP contribution in [0.1, 0.15) is 38.5 Å². The fraction of sp³-hybridized carbons (Fsp3) is 0.833. The van der Waals surface area contributed by atoms with Crippen LogP contribution in [0.5, 0.6) is 0 Å². The minimum atomic E-state index is -2.59. The summed E-state index contributed by atoms with van der Waals surface area (Å²) in [6.45, 7) is -0.640. The van der Waals surface area contributed by atoms with Crippen LogP contribution in [-0.4, -0.2) is 41.9 Å². The zero-order valence-corrected chi connectivity index (χ0v) is 11.1. The van der Waals surface area contributed by atoms with Crippen LogP contribution in [0.4, 0.5) is 8.78 Å². The summed E-state index contributed by atoms with van der Waals surface area (Å²) in [6.07, 6.45) is 1.75. The van der Waals surface area contributed by atoms with Crippen LogP contribution in [0.25, 0.3) is 0 Å². The predicted octanol–water partition coefficient (Wildman–Crippen LogP) is 1.80. The maximum absolute atomic E-state index is 12.4. The lowest BCUT2D eigenvalue weighted by Crippen LogP contribution is -2.51. The number of carbonyl (C=O) groups is 1. The van der Waals surface area contributed by atoms with Crippen LogP contribution in [-0.2, 0) is 4.79 Å². The number of hydrogen-bond acceptors (Lipinski definition) is 3. The molecule has 0 radical (unpaired) electrons. The Hall–Kier alpha value is -1.40. The van der Waals surface area contributed by atoms with E-state index in [1.807, 2.05) is 0 Å². The molecule has 0 heterocycles. The van der Waals surface area contributed by atoms with Gasteiger partial charge in [0, 0.05) is 7.05 Å². The van der Waals surface area contributed by atoms with Gasteiger partial charge in [-0.25, -0.2) is 8.78 Å². The highest BCUT2D eigenvalue weighted by Gasteiger charge is 2.44. The maximum Gasteiger partial charge on any atom is 0.255 e. The summed E-state index contributed by atoms with van der Waals surface area (Å²) < 4.78 is 24.8. The zero-order valence-electron chi connectivity index (χ0n) is 11.1. The molecule has 1 aliphatic rings. The van der Waals surface area contributed by atoms with E-state index in [0.717, 1.165) is 30.6 Å². The molecule has 19 heavy (non-hydrogen) atoms. The van der Waals surface area contributed by atoms with Gasteiger partial charge in [-0.1, -0.05) is 30.8 Å². The molecule has 0 saturated heterocycles. The van der Waals surface area contributed by atoms with Crippen LogP contribution in [0.15, 0.2) is 5.16 Å². The van der Waals surface area contributed by atoms with Gasteiger partial charge < -0.3 is 15.8 Å². The number of halogens is 2. The van der Waals surface area contributed by atoms with Gasteiger partial charge >= 0.3 is 0 Å². The molecular weight excluding hydrogens is 256 g/mol. The van der Waals surface area contributed by atoms with E-state index < -0.39 is 24.3 Å². The van der Waals surface area contributed by atoms with Crippen molar-refractivity contribution < 1.29 is 18.8 Å². The van der Waals surface area contributed by atoms with Crippen LogP contribution < -0.4 is 5.73 Å². The van der Waals surface area contributed by atoms with E-state index in [1.165, 1.54) is 7.05 Å². The molecule has 0 aliphatic heterocycles. The molecule has 0 aromatic carbocycles. The highest BCUT2D eigenvalue weighted by Crippen LogP contribution is 2.37. The molecule has 1 rings (SSSR count). The standard InChI is InChI=1S/C12H21F2N3O2/c1-17(8-9(13)14)11(18)12(10(15)16-19)6-4-2-3-5-7-12/h9,19H,2-8H2,1H3,(H2,15,16). The molecule has 0 aromatic rings. The molecule has 110 valence electrons. The third kappa shape index (κ3) is 3.54. The van der Waals surface area contributed by atoms with Gasteiger partial charge in [-0.2, -0.15) is 0 Å². The fourth-order valence-electron chi connectivity index (χ4n) is 2.66. The topological polar surface area (TPSA) is 78.9 Å². The Kier molecular flexibility index (Phi) is 5.50. The predicted molar refractivity (Wildman–Crippen MR) is 67.2 cm³/mol. The Bertz CT molecular complexity index is 340. The number of rotatable bonds is 4. The van der Waals surface area contributed by atoms with Gasteiger partial charge in [0.25, 0.3) is 6.43 Å². The van der Waals surface area contributed by atoms with Crippen LogP contribution in [0.3, 0.4) is 0 Å². The molecule has 0 unspecified atom stereocenters. The van der Waals surface area contributed by atoms with E-state index in [2.05, 4.69) is 5.16 Å². The van der Waals surface area contributed by atoms with Gasteiger partial charge in [-0.15, -0.1) is 0 Å². The van der Waals surface area contributed by atoms with Crippen molar-refractivity contribution in [3.8, 4) is 0 Å². The molecule has 0 spiro atoms. The molecule has 5 nitrogen and oxygen atoms in total. The van der Waals surface area contributed by atoms with Gasteiger partial charge in [-0.05, 0) is 12.8 Å². The van der Waals surface area contributed by atoms with Crippen molar-refractivity contribution in [2.75, 3.05) is 13.6 Å². The van der Waals surface area contributed by atoms with E-state index in [9.17, 15) is 13.6 Å². The second kappa shape index (κ2) is 6.68. The van der Waals surface area contributed by atoms with Crippen molar-refractivity contribution in [1.29, 1.82) is 0 Å². The van der Waals surface area contributed by atoms with Crippen molar-refractivity contribution >= 4 is 11.7 Å². The first-order valence-corrected chi connectivity index (χ1v) is 6.46. The van der Waals surface area contributed by atoms with Crippen LogP contribution in [0, 0.1) is 5.41 Å². The number of hydrogen-bond donors (Lipinski definition) is 2. The average Bonchev–Trinajstić information content (AvgIpc) is 2.62. The molecule has 0 bridgehead atoms.